The van der Waals surface area contributed by atoms with Crippen LogP contribution >= 0.6 is 0 Å². The van der Waals surface area contributed by atoms with Gasteiger partial charge in [-0.15, -0.1) is 0 Å². The molecule has 2 aromatic carbocycles. The highest BCUT2D eigenvalue weighted by Gasteiger charge is 2.33. The van der Waals surface area contributed by atoms with Crippen LogP contribution in [0.2, 0.25) is 0 Å². The summed E-state index contributed by atoms with van der Waals surface area (Å²) < 4.78 is 28.6. The third kappa shape index (κ3) is 4.93. The smallest absolute Gasteiger partial charge is 0.228 e. The molecule has 1 aliphatic rings. The molecular weight excluding hydrogens is 422 g/mol. The van der Waals surface area contributed by atoms with Gasteiger partial charge >= 0.3 is 0 Å². The molecule has 0 atom stereocenters. The predicted octanol–water partition coefficient (Wildman–Crippen LogP) is 3.97. The minimum absolute atomic E-state index is 0.0505. The summed E-state index contributed by atoms with van der Waals surface area (Å²) in [6, 6.07) is 17.2. The van der Waals surface area contributed by atoms with Gasteiger partial charge in [0.1, 0.15) is 0 Å². The minimum atomic E-state index is -3.68. The van der Waals surface area contributed by atoms with Crippen LogP contribution in [0.3, 0.4) is 0 Å². The van der Waals surface area contributed by atoms with E-state index in [1.165, 1.54) is 0 Å². The van der Waals surface area contributed by atoms with Crippen LogP contribution in [-0.4, -0.2) is 35.3 Å². The Morgan fingerprint density at radius 2 is 1.78 bits per heavy atom. The summed E-state index contributed by atoms with van der Waals surface area (Å²) in [5.41, 5.74) is 3.41. The van der Waals surface area contributed by atoms with Gasteiger partial charge in [-0.3, -0.25) is 4.79 Å². The number of carbonyl (C=O) groups excluding carboxylic acids is 1. The van der Waals surface area contributed by atoms with E-state index in [1.807, 2.05) is 68.4 Å². The molecule has 1 heterocycles. The molecule has 0 radical (unpaired) electrons. The lowest BCUT2D eigenvalue weighted by Crippen LogP contribution is -2.32. The van der Waals surface area contributed by atoms with Gasteiger partial charge in [-0.2, -0.15) is 0 Å². The van der Waals surface area contributed by atoms with E-state index in [1.54, 1.807) is 15.7 Å². The highest BCUT2D eigenvalue weighted by molar-refractivity contribution is 7.90. The number of aryl methyl sites for hydroxylation is 1. The monoisotopic (exact) mass is 451 g/mol. The average molecular weight is 452 g/mol. The quantitative estimate of drug-likeness (QED) is 0.493. The molecule has 6 nitrogen and oxygen atoms in total. The molecule has 1 aliphatic carbocycles. The molecule has 0 aliphatic heterocycles. The van der Waals surface area contributed by atoms with Crippen molar-refractivity contribution < 1.29 is 13.2 Å². The van der Waals surface area contributed by atoms with Crippen LogP contribution < -0.4 is 0 Å². The molecule has 7 heteroatoms. The van der Waals surface area contributed by atoms with Gasteiger partial charge in [0.05, 0.1) is 30.7 Å². The maximum atomic E-state index is 13.4. The Labute approximate surface area is 189 Å². The molecule has 0 saturated heterocycles. The van der Waals surface area contributed by atoms with E-state index in [-0.39, 0.29) is 22.7 Å². The van der Waals surface area contributed by atoms with Crippen molar-refractivity contribution in [3.05, 3.63) is 83.2 Å². The third-order valence-corrected chi connectivity index (χ3v) is 7.52. The zero-order valence-corrected chi connectivity index (χ0v) is 19.4. The molecule has 168 valence electrons. The number of carbonyl (C=O) groups is 1. The molecule has 0 bridgehead atoms. The average Bonchev–Trinajstić information content (AvgIpc) is 3.56. The highest BCUT2D eigenvalue weighted by Crippen LogP contribution is 2.31. The maximum absolute atomic E-state index is 13.4. The van der Waals surface area contributed by atoms with E-state index in [0.29, 0.717) is 19.6 Å². The van der Waals surface area contributed by atoms with E-state index in [9.17, 15) is 13.2 Å². The molecular formula is C25H29N3O3S. The lowest BCUT2D eigenvalue weighted by molar-refractivity contribution is -0.133. The van der Waals surface area contributed by atoms with E-state index < -0.39 is 9.84 Å². The van der Waals surface area contributed by atoms with Crippen molar-refractivity contribution in [2.45, 2.75) is 50.7 Å². The van der Waals surface area contributed by atoms with Crippen LogP contribution in [0.15, 0.2) is 66.0 Å². The summed E-state index contributed by atoms with van der Waals surface area (Å²) in [6.45, 7) is 5.18. The number of imidazole rings is 1. The fourth-order valence-corrected chi connectivity index (χ4v) is 5.47. The lowest BCUT2D eigenvalue weighted by atomic mass is 10.1. The van der Waals surface area contributed by atoms with Crippen molar-refractivity contribution in [3.8, 4) is 0 Å². The zero-order chi connectivity index (χ0) is 22.7. The van der Waals surface area contributed by atoms with Crippen molar-refractivity contribution in [1.82, 2.24) is 14.5 Å². The van der Waals surface area contributed by atoms with Crippen LogP contribution in [0.5, 0.6) is 0 Å². The predicted molar refractivity (Wildman–Crippen MR) is 124 cm³/mol. The molecule has 1 amide bonds. The van der Waals surface area contributed by atoms with E-state index in [0.717, 1.165) is 35.2 Å². The molecule has 1 aromatic heterocycles. The third-order valence-electron chi connectivity index (χ3n) is 5.94. The number of hydrogen-bond donors (Lipinski definition) is 0. The van der Waals surface area contributed by atoms with Crippen LogP contribution in [0.4, 0.5) is 0 Å². The Bertz CT molecular complexity index is 1200. The number of sulfone groups is 1. The van der Waals surface area contributed by atoms with Gasteiger partial charge in [0.15, 0.2) is 0 Å². The largest absolute Gasteiger partial charge is 0.337 e. The number of amides is 1. The topological polar surface area (TPSA) is 72.3 Å². The summed E-state index contributed by atoms with van der Waals surface area (Å²) in [6.07, 6.45) is 3.49. The summed E-state index contributed by atoms with van der Waals surface area (Å²) in [5, 5.41) is 0.0505. The fourth-order valence-electron chi connectivity index (χ4n) is 3.87. The molecule has 3 aromatic rings. The summed E-state index contributed by atoms with van der Waals surface area (Å²) in [4.78, 5) is 18.8. The first-order valence-electron chi connectivity index (χ1n) is 11.0. The highest BCUT2D eigenvalue weighted by atomic mass is 32.2. The van der Waals surface area contributed by atoms with Gasteiger partial charge in [0.25, 0.3) is 0 Å². The first-order valence-corrected chi connectivity index (χ1v) is 12.7. The number of nitrogens with zero attached hydrogens (tertiary/aromatic N) is 3. The Balaban J connectivity index is 1.69. The molecule has 32 heavy (non-hydrogen) atoms. The lowest BCUT2D eigenvalue weighted by Gasteiger charge is -2.22. The van der Waals surface area contributed by atoms with Crippen molar-refractivity contribution in [3.63, 3.8) is 0 Å². The van der Waals surface area contributed by atoms with E-state index in [4.69, 9.17) is 0 Å². The maximum Gasteiger partial charge on any atom is 0.228 e. The number of aromatic nitrogens is 2. The SMILES string of the molecule is CCN(Cc1cnc(S(=O)(=O)Cc2ccccc2C)n1Cc1ccccc1)C(=O)C1CC1. The second kappa shape index (κ2) is 9.28. The Morgan fingerprint density at radius 3 is 2.44 bits per heavy atom. The molecule has 0 unspecified atom stereocenters. The van der Waals surface area contributed by atoms with Crippen LogP contribution in [0.25, 0.3) is 0 Å². The normalized spacial score (nSPS) is 13.8. The minimum Gasteiger partial charge on any atom is -0.337 e. The molecule has 0 spiro atoms. The zero-order valence-electron chi connectivity index (χ0n) is 18.6. The van der Waals surface area contributed by atoms with Crippen molar-refractivity contribution in [1.29, 1.82) is 0 Å². The number of rotatable bonds is 9. The van der Waals surface area contributed by atoms with Gasteiger partial charge in [-0.1, -0.05) is 54.6 Å². The van der Waals surface area contributed by atoms with Crippen molar-refractivity contribution in [2.75, 3.05) is 6.54 Å². The molecule has 4 rings (SSSR count). The van der Waals surface area contributed by atoms with Crippen LogP contribution in [-0.2, 0) is 33.5 Å². The van der Waals surface area contributed by atoms with Crippen LogP contribution in [0, 0.1) is 12.8 Å². The first kappa shape index (κ1) is 22.3. The Hall–Kier alpha value is -2.93. The summed E-state index contributed by atoms with van der Waals surface area (Å²) in [7, 11) is -3.68. The number of hydrogen-bond acceptors (Lipinski definition) is 4. The van der Waals surface area contributed by atoms with Gasteiger partial charge < -0.3 is 9.47 Å². The van der Waals surface area contributed by atoms with E-state index >= 15 is 0 Å². The summed E-state index contributed by atoms with van der Waals surface area (Å²) >= 11 is 0. The molecule has 1 fully saturated rings. The van der Waals surface area contributed by atoms with Crippen LogP contribution in [0.1, 0.15) is 42.1 Å². The van der Waals surface area contributed by atoms with Crippen molar-refractivity contribution in [2.24, 2.45) is 5.92 Å². The second-order valence-electron chi connectivity index (χ2n) is 8.42. The second-order valence-corrected chi connectivity index (χ2v) is 10.3. The van der Waals surface area contributed by atoms with E-state index in [2.05, 4.69) is 4.98 Å². The van der Waals surface area contributed by atoms with Gasteiger partial charge in [0, 0.05) is 12.5 Å². The Kier molecular flexibility index (Phi) is 6.46. The van der Waals surface area contributed by atoms with Gasteiger partial charge in [-0.05, 0) is 43.4 Å². The Morgan fingerprint density at radius 1 is 1.09 bits per heavy atom. The van der Waals surface area contributed by atoms with Gasteiger partial charge in [0.2, 0.25) is 20.9 Å². The van der Waals surface area contributed by atoms with Crippen molar-refractivity contribution >= 4 is 15.7 Å². The summed E-state index contributed by atoms with van der Waals surface area (Å²) in [5.74, 6) is 0.151. The molecule has 1 saturated carbocycles. The molecule has 0 N–H and O–H groups in total. The fraction of sp³-hybridized carbons (Fsp3) is 0.360. The first-order chi connectivity index (χ1) is 15.4. The van der Waals surface area contributed by atoms with Gasteiger partial charge in [-0.25, -0.2) is 13.4 Å². The number of benzene rings is 2. The standard InChI is InChI=1S/C25H29N3O3S/c1-3-27(24(29)21-13-14-21)17-23-15-26-25(28(23)16-20-10-5-4-6-11-20)32(30,31)18-22-12-8-7-9-19(22)2/h4-12,15,21H,3,13-14,16-18H2,1-2H3.